The minimum atomic E-state index is -1.00. The maximum absolute atomic E-state index is 10.9. The van der Waals surface area contributed by atoms with Crippen LogP contribution in [-0.2, 0) is 0 Å². The number of hydrogen-bond acceptors (Lipinski definition) is 3. The Bertz CT molecular complexity index is 361. The predicted octanol–water partition coefficient (Wildman–Crippen LogP) is 1.50. The van der Waals surface area contributed by atoms with Crippen LogP contribution in [-0.4, -0.2) is 23.2 Å². The van der Waals surface area contributed by atoms with Crippen molar-refractivity contribution in [3.05, 3.63) is 29.8 Å². The lowest BCUT2D eigenvalue weighted by molar-refractivity contribution is 0.0677. The molecule has 0 amide bonds. The number of benzene rings is 1. The number of aromatic carboxylic acids is 1. The molecule has 0 saturated carbocycles. The zero-order valence-electron chi connectivity index (χ0n) is 8.86. The Morgan fingerprint density at radius 3 is 2.60 bits per heavy atom. The minimum absolute atomic E-state index is 0.152. The lowest BCUT2D eigenvalue weighted by Gasteiger charge is -2.25. The van der Waals surface area contributed by atoms with E-state index in [0.29, 0.717) is 12.3 Å². The van der Waals surface area contributed by atoms with Crippen LogP contribution in [0, 0.1) is 0 Å². The van der Waals surface area contributed by atoms with Gasteiger partial charge < -0.3 is 15.6 Å². The van der Waals surface area contributed by atoms with Gasteiger partial charge in [0.1, 0.15) is 16.9 Å². The van der Waals surface area contributed by atoms with E-state index in [1.807, 2.05) is 13.8 Å². The lowest BCUT2D eigenvalue weighted by Crippen LogP contribution is -2.37. The molecule has 1 aromatic carbocycles. The highest BCUT2D eigenvalue weighted by Gasteiger charge is 2.20. The van der Waals surface area contributed by atoms with Gasteiger partial charge in [-0.3, -0.25) is 0 Å². The zero-order valence-corrected chi connectivity index (χ0v) is 8.86. The molecule has 4 heteroatoms. The van der Waals surface area contributed by atoms with Crippen molar-refractivity contribution in [2.75, 3.05) is 6.54 Å². The molecular formula is C11H15NO3. The third-order valence-corrected chi connectivity index (χ3v) is 2.00. The molecule has 0 atom stereocenters. The third-order valence-electron chi connectivity index (χ3n) is 2.00. The number of carboxylic acids is 1. The molecule has 0 heterocycles. The molecule has 82 valence electrons. The number of carbonyl (C=O) groups is 1. The molecule has 0 spiro atoms. The van der Waals surface area contributed by atoms with E-state index in [4.69, 9.17) is 15.6 Å². The Kier molecular flexibility index (Phi) is 3.31. The monoisotopic (exact) mass is 209 g/mol. The Hall–Kier alpha value is -1.55. The zero-order chi connectivity index (χ0) is 11.5. The van der Waals surface area contributed by atoms with E-state index >= 15 is 0 Å². The highest BCUT2D eigenvalue weighted by atomic mass is 16.5. The first-order chi connectivity index (χ1) is 6.96. The summed E-state index contributed by atoms with van der Waals surface area (Å²) in [5.74, 6) is -0.654. The molecule has 3 N–H and O–H groups in total. The van der Waals surface area contributed by atoms with Gasteiger partial charge in [0.05, 0.1) is 0 Å². The number of rotatable bonds is 4. The van der Waals surface area contributed by atoms with Crippen LogP contribution in [0.25, 0.3) is 0 Å². The van der Waals surface area contributed by atoms with E-state index in [9.17, 15) is 4.79 Å². The summed E-state index contributed by atoms with van der Waals surface area (Å²) >= 11 is 0. The highest BCUT2D eigenvalue weighted by molar-refractivity contribution is 5.90. The van der Waals surface area contributed by atoms with Gasteiger partial charge in [-0.1, -0.05) is 12.1 Å². The van der Waals surface area contributed by atoms with Crippen molar-refractivity contribution in [1.82, 2.24) is 0 Å². The van der Waals surface area contributed by atoms with E-state index in [-0.39, 0.29) is 5.56 Å². The first-order valence-electron chi connectivity index (χ1n) is 4.68. The van der Waals surface area contributed by atoms with Crippen LogP contribution in [0.15, 0.2) is 24.3 Å². The second-order valence-corrected chi connectivity index (χ2v) is 3.87. The molecular weight excluding hydrogens is 194 g/mol. The smallest absolute Gasteiger partial charge is 0.339 e. The summed E-state index contributed by atoms with van der Waals surface area (Å²) in [5, 5.41) is 8.92. The number of ether oxygens (including phenoxy) is 1. The van der Waals surface area contributed by atoms with E-state index in [0.717, 1.165) is 0 Å². The third kappa shape index (κ3) is 2.95. The Morgan fingerprint density at radius 2 is 2.07 bits per heavy atom. The SMILES string of the molecule is CC(C)(CN)Oc1ccccc1C(=O)O. The first-order valence-corrected chi connectivity index (χ1v) is 4.68. The summed E-state index contributed by atoms with van der Waals surface area (Å²) in [5.41, 5.74) is 5.10. The summed E-state index contributed by atoms with van der Waals surface area (Å²) < 4.78 is 5.54. The Morgan fingerprint density at radius 1 is 1.47 bits per heavy atom. The fourth-order valence-corrected chi connectivity index (χ4v) is 1.07. The topological polar surface area (TPSA) is 72.5 Å². The van der Waals surface area contributed by atoms with Crippen molar-refractivity contribution in [3.63, 3.8) is 0 Å². The molecule has 0 saturated heterocycles. The normalized spacial score (nSPS) is 11.1. The van der Waals surface area contributed by atoms with Crippen LogP contribution >= 0.6 is 0 Å². The second kappa shape index (κ2) is 4.31. The van der Waals surface area contributed by atoms with Crippen LogP contribution in [0.2, 0.25) is 0 Å². The fraction of sp³-hybridized carbons (Fsp3) is 0.364. The van der Waals surface area contributed by atoms with Crippen LogP contribution in [0.5, 0.6) is 5.75 Å². The van der Waals surface area contributed by atoms with E-state index in [1.165, 1.54) is 6.07 Å². The molecule has 1 aromatic rings. The number of nitrogens with two attached hydrogens (primary N) is 1. The maximum Gasteiger partial charge on any atom is 0.339 e. The van der Waals surface area contributed by atoms with Gasteiger partial charge in [-0.05, 0) is 26.0 Å². The first kappa shape index (κ1) is 11.5. The summed E-state index contributed by atoms with van der Waals surface area (Å²) in [6, 6.07) is 6.52. The van der Waals surface area contributed by atoms with Crippen LogP contribution in [0.4, 0.5) is 0 Å². The van der Waals surface area contributed by atoms with Gasteiger partial charge in [0.2, 0.25) is 0 Å². The average molecular weight is 209 g/mol. The van der Waals surface area contributed by atoms with Crippen molar-refractivity contribution in [3.8, 4) is 5.75 Å². The van der Waals surface area contributed by atoms with Crippen molar-refractivity contribution in [2.45, 2.75) is 19.4 Å². The van der Waals surface area contributed by atoms with Gasteiger partial charge in [-0.2, -0.15) is 0 Å². The number of para-hydroxylation sites is 1. The second-order valence-electron chi connectivity index (χ2n) is 3.87. The van der Waals surface area contributed by atoms with Gasteiger partial charge in [-0.15, -0.1) is 0 Å². The maximum atomic E-state index is 10.9. The molecule has 1 rings (SSSR count). The summed E-state index contributed by atoms with van der Waals surface area (Å²) in [6.07, 6.45) is 0. The van der Waals surface area contributed by atoms with Crippen molar-refractivity contribution in [1.29, 1.82) is 0 Å². The van der Waals surface area contributed by atoms with Gasteiger partial charge in [-0.25, -0.2) is 4.79 Å². The Labute approximate surface area is 88.7 Å². The summed E-state index contributed by atoms with van der Waals surface area (Å²) in [4.78, 5) is 10.9. The molecule has 0 radical (unpaired) electrons. The van der Waals surface area contributed by atoms with Crippen LogP contribution in [0.1, 0.15) is 24.2 Å². The van der Waals surface area contributed by atoms with E-state index in [2.05, 4.69) is 0 Å². The van der Waals surface area contributed by atoms with Crippen molar-refractivity contribution >= 4 is 5.97 Å². The number of carboxylic acid groups (broad SMARTS) is 1. The Balaban J connectivity index is 2.99. The van der Waals surface area contributed by atoms with Gasteiger partial charge in [0, 0.05) is 6.54 Å². The summed E-state index contributed by atoms with van der Waals surface area (Å²) in [6.45, 7) is 3.94. The van der Waals surface area contributed by atoms with Crippen LogP contribution in [0.3, 0.4) is 0 Å². The molecule has 0 aliphatic carbocycles. The largest absolute Gasteiger partial charge is 0.486 e. The molecule has 4 nitrogen and oxygen atoms in total. The molecule has 0 aromatic heterocycles. The standard InChI is InChI=1S/C11H15NO3/c1-11(2,7-12)15-9-6-4-3-5-8(9)10(13)14/h3-6H,7,12H2,1-2H3,(H,13,14). The molecule has 15 heavy (non-hydrogen) atoms. The predicted molar refractivity (Wildman–Crippen MR) is 57.2 cm³/mol. The molecule has 0 unspecified atom stereocenters. The fourth-order valence-electron chi connectivity index (χ4n) is 1.07. The van der Waals surface area contributed by atoms with Crippen LogP contribution < -0.4 is 10.5 Å². The lowest BCUT2D eigenvalue weighted by atomic mass is 10.1. The van der Waals surface area contributed by atoms with Gasteiger partial charge >= 0.3 is 5.97 Å². The summed E-state index contributed by atoms with van der Waals surface area (Å²) in [7, 11) is 0. The molecule has 0 aliphatic rings. The van der Waals surface area contributed by atoms with Crippen molar-refractivity contribution in [2.24, 2.45) is 5.73 Å². The van der Waals surface area contributed by atoms with E-state index in [1.54, 1.807) is 18.2 Å². The molecule has 0 aliphatic heterocycles. The molecule has 0 bridgehead atoms. The number of hydrogen-bond donors (Lipinski definition) is 2. The van der Waals surface area contributed by atoms with Gasteiger partial charge in [0.25, 0.3) is 0 Å². The highest BCUT2D eigenvalue weighted by Crippen LogP contribution is 2.22. The van der Waals surface area contributed by atoms with E-state index < -0.39 is 11.6 Å². The average Bonchev–Trinajstić information content (AvgIpc) is 2.18. The van der Waals surface area contributed by atoms with Gasteiger partial charge in [0.15, 0.2) is 0 Å². The minimum Gasteiger partial charge on any atom is -0.486 e. The molecule has 0 fully saturated rings. The quantitative estimate of drug-likeness (QED) is 0.788. The van der Waals surface area contributed by atoms with Crippen molar-refractivity contribution < 1.29 is 14.6 Å².